The maximum Gasteiger partial charge on any atom is 0.452 e. The third-order valence-electron chi connectivity index (χ3n) is 6.15. The van der Waals surface area contributed by atoms with Crippen LogP contribution in [0.25, 0.3) is 10.6 Å². The van der Waals surface area contributed by atoms with E-state index in [-0.39, 0.29) is 14.8 Å². The molecule has 1 fully saturated rings. The number of halogens is 3. The van der Waals surface area contributed by atoms with Crippen LogP contribution in [0.4, 0.5) is 13.2 Å². The van der Waals surface area contributed by atoms with Gasteiger partial charge in [-0.15, -0.1) is 11.3 Å². The number of benzene rings is 1. The zero-order chi connectivity index (χ0) is 23.5. The number of carboxylic acids is 1. The van der Waals surface area contributed by atoms with E-state index in [1.54, 1.807) is 44.2 Å². The molecule has 170 valence electrons. The van der Waals surface area contributed by atoms with Gasteiger partial charge in [-0.1, -0.05) is 49.3 Å². The van der Waals surface area contributed by atoms with E-state index in [0.717, 1.165) is 0 Å². The van der Waals surface area contributed by atoms with Crippen LogP contribution < -0.4 is 4.72 Å². The van der Waals surface area contributed by atoms with Gasteiger partial charge in [0.05, 0.1) is 4.88 Å². The second kappa shape index (κ2) is 7.15. The molecule has 2 N–H and O–H groups in total. The van der Waals surface area contributed by atoms with E-state index < -0.39 is 44.8 Å². The lowest BCUT2D eigenvalue weighted by molar-refractivity contribution is -0.155. The molecule has 0 saturated heterocycles. The fourth-order valence-electron chi connectivity index (χ4n) is 4.14. The summed E-state index contributed by atoms with van der Waals surface area (Å²) < 4.78 is 70.7. The number of rotatable bonds is 6. The van der Waals surface area contributed by atoms with Gasteiger partial charge in [-0.05, 0) is 23.6 Å². The van der Waals surface area contributed by atoms with E-state index in [1.807, 2.05) is 0 Å². The van der Waals surface area contributed by atoms with Crippen molar-refractivity contribution >= 4 is 27.3 Å². The Morgan fingerprint density at radius 3 is 2.44 bits per heavy atom. The standard InChI is InChI=1S/C20H17F3N2O5S2/c1-11-18(2,12-6-4-3-5-7-12)19(11,17(26)27)25-32(28,29)16-9-8-14(31-16)13-10-15(30-24-13)20(21,22)23/h3-11,25H,1-2H3,(H,26,27)/t11-,18+,19+/m1/s1. The van der Waals surface area contributed by atoms with Crippen molar-refractivity contribution in [3.05, 3.63) is 59.9 Å². The van der Waals surface area contributed by atoms with Gasteiger partial charge in [0.2, 0.25) is 5.76 Å². The van der Waals surface area contributed by atoms with Gasteiger partial charge >= 0.3 is 12.1 Å². The second-order valence-corrected chi connectivity index (χ2v) is 10.7. The molecule has 1 aliphatic carbocycles. The number of nitrogens with zero attached hydrogens (tertiary/aromatic N) is 1. The summed E-state index contributed by atoms with van der Waals surface area (Å²) >= 11 is 0.661. The van der Waals surface area contributed by atoms with Crippen molar-refractivity contribution in [2.75, 3.05) is 0 Å². The molecule has 7 nitrogen and oxygen atoms in total. The van der Waals surface area contributed by atoms with Crippen molar-refractivity contribution in [1.29, 1.82) is 0 Å². The Kier molecular flexibility index (Phi) is 5.03. The summed E-state index contributed by atoms with van der Waals surface area (Å²) in [4.78, 5) is 12.4. The third kappa shape index (κ3) is 3.24. The molecule has 1 saturated carbocycles. The summed E-state index contributed by atoms with van der Waals surface area (Å²) in [6.45, 7) is 3.33. The van der Waals surface area contributed by atoms with Gasteiger partial charge in [-0.25, -0.2) is 8.42 Å². The number of alkyl halides is 3. The predicted molar refractivity (Wildman–Crippen MR) is 108 cm³/mol. The molecule has 32 heavy (non-hydrogen) atoms. The first kappa shape index (κ1) is 22.5. The molecule has 3 atom stereocenters. The smallest absolute Gasteiger partial charge is 0.452 e. The van der Waals surface area contributed by atoms with Crippen molar-refractivity contribution in [3.63, 3.8) is 0 Å². The number of nitrogens with one attached hydrogen (secondary N) is 1. The van der Waals surface area contributed by atoms with Crippen LogP contribution in [0.1, 0.15) is 25.2 Å². The molecule has 4 rings (SSSR count). The summed E-state index contributed by atoms with van der Waals surface area (Å²) in [5.41, 5.74) is -2.28. The molecule has 3 aromatic rings. The zero-order valence-electron chi connectivity index (χ0n) is 16.7. The molecule has 1 aliphatic rings. The molecule has 1 aromatic carbocycles. The quantitative estimate of drug-likeness (QED) is 0.542. The Bertz CT molecular complexity index is 1290. The van der Waals surface area contributed by atoms with Crippen LogP contribution >= 0.6 is 11.3 Å². The number of carbonyl (C=O) groups is 1. The lowest BCUT2D eigenvalue weighted by Crippen LogP contribution is -2.48. The number of aliphatic carboxylic acids is 1. The first-order valence-electron chi connectivity index (χ1n) is 9.31. The molecular formula is C20H17F3N2O5S2. The number of aromatic nitrogens is 1. The SMILES string of the molecule is C[C@H]1[C@](NS(=O)(=O)c2ccc(-c3cc(C(F)(F)F)on3)s2)(C(=O)O)[C@]1(C)c1ccccc1. The lowest BCUT2D eigenvalue weighted by atomic mass is 9.92. The van der Waals surface area contributed by atoms with Crippen molar-refractivity contribution in [2.24, 2.45) is 5.92 Å². The van der Waals surface area contributed by atoms with Crippen molar-refractivity contribution < 1.29 is 36.0 Å². The van der Waals surface area contributed by atoms with Crippen molar-refractivity contribution in [1.82, 2.24) is 9.88 Å². The van der Waals surface area contributed by atoms with Crippen molar-refractivity contribution in [2.45, 2.75) is 35.2 Å². The molecule has 0 amide bonds. The van der Waals surface area contributed by atoms with Gasteiger partial charge in [0, 0.05) is 11.5 Å². The molecule has 0 aliphatic heterocycles. The van der Waals surface area contributed by atoms with Crippen LogP contribution in [0.5, 0.6) is 0 Å². The average molecular weight is 486 g/mol. The highest BCUT2D eigenvalue weighted by Crippen LogP contribution is 2.63. The van der Waals surface area contributed by atoms with E-state index in [1.165, 1.54) is 12.1 Å². The van der Waals surface area contributed by atoms with Crippen LogP contribution in [0.2, 0.25) is 0 Å². The zero-order valence-corrected chi connectivity index (χ0v) is 18.3. The van der Waals surface area contributed by atoms with Crippen LogP contribution in [0.3, 0.4) is 0 Å². The normalized spacial score (nSPS) is 25.6. The van der Waals surface area contributed by atoms with E-state index in [4.69, 9.17) is 0 Å². The topological polar surface area (TPSA) is 110 Å². The highest BCUT2D eigenvalue weighted by molar-refractivity contribution is 7.91. The predicted octanol–water partition coefficient (Wildman–Crippen LogP) is 4.13. The number of hydrogen-bond donors (Lipinski definition) is 2. The summed E-state index contributed by atoms with van der Waals surface area (Å²) in [7, 11) is -4.31. The van der Waals surface area contributed by atoms with Crippen LogP contribution in [-0.2, 0) is 26.4 Å². The fourth-order valence-corrected chi connectivity index (χ4v) is 6.91. The van der Waals surface area contributed by atoms with Gasteiger partial charge < -0.3 is 9.63 Å². The maximum absolute atomic E-state index is 13.1. The average Bonchev–Trinajstić information content (AvgIpc) is 3.24. The van der Waals surface area contributed by atoms with E-state index in [2.05, 4.69) is 14.4 Å². The van der Waals surface area contributed by atoms with Crippen LogP contribution in [-0.4, -0.2) is 30.2 Å². The number of thiophene rings is 1. The van der Waals surface area contributed by atoms with Crippen LogP contribution in [0, 0.1) is 5.92 Å². The molecule has 0 radical (unpaired) electrons. The highest BCUT2D eigenvalue weighted by Gasteiger charge is 2.78. The minimum absolute atomic E-state index is 0.128. The number of carboxylic acid groups (broad SMARTS) is 1. The molecule has 0 bridgehead atoms. The van der Waals surface area contributed by atoms with Gasteiger partial charge in [0.1, 0.15) is 15.4 Å². The first-order valence-corrected chi connectivity index (χ1v) is 11.6. The summed E-state index contributed by atoms with van der Waals surface area (Å²) in [5.74, 6) is -3.18. The van der Waals surface area contributed by atoms with Gasteiger partial charge in [0.25, 0.3) is 10.0 Å². The Balaban J connectivity index is 1.66. The summed E-state index contributed by atoms with van der Waals surface area (Å²) in [6, 6.07) is 11.9. The van der Waals surface area contributed by atoms with Crippen LogP contribution in [0.15, 0.2) is 57.3 Å². The van der Waals surface area contributed by atoms with Gasteiger partial charge in [-0.2, -0.15) is 17.9 Å². The summed E-state index contributed by atoms with van der Waals surface area (Å²) in [5, 5.41) is 13.3. The minimum atomic E-state index is -4.73. The molecular weight excluding hydrogens is 469 g/mol. The van der Waals surface area contributed by atoms with Gasteiger partial charge in [0.15, 0.2) is 0 Å². The van der Waals surface area contributed by atoms with E-state index >= 15 is 0 Å². The minimum Gasteiger partial charge on any atom is -0.480 e. The van der Waals surface area contributed by atoms with E-state index in [0.29, 0.717) is 23.0 Å². The molecule has 2 aromatic heterocycles. The lowest BCUT2D eigenvalue weighted by Gasteiger charge is -2.20. The first-order chi connectivity index (χ1) is 14.8. The Labute approximate surface area is 184 Å². The maximum atomic E-state index is 13.1. The second-order valence-electron chi connectivity index (χ2n) is 7.70. The summed E-state index contributed by atoms with van der Waals surface area (Å²) in [6.07, 6.45) is -4.73. The number of hydrogen-bond acceptors (Lipinski definition) is 6. The highest BCUT2D eigenvalue weighted by atomic mass is 32.2. The van der Waals surface area contributed by atoms with Gasteiger partial charge in [-0.3, -0.25) is 4.79 Å². The Morgan fingerprint density at radius 1 is 1.22 bits per heavy atom. The monoisotopic (exact) mass is 486 g/mol. The Morgan fingerprint density at radius 2 is 1.88 bits per heavy atom. The number of sulfonamides is 1. The molecule has 12 heteroatoms. The third-order valence-corrected chi connectivity index (χ3v) is 9.21. The largest absolute Gasteiger partial charge is 0.480 e. The molecule has 2 heterocycles. The molecule has 0 unspecified atom stereocenters. The Hall–Kier alpha value is -2.70. The van der Waals surface area contributed by atoms with Crippen molar-refractivity contribution in [3.8, 4) is 10.6 Å². The fraction of sp³-hybridized carbons (Fsp3) is 0.300. The molecule has 0 spiro atoms. The van der Waals surface area contributed by atoms with E-state index in [9.17, 15) is 31.5 Å².